The number of imidazole rings is 1. The molecule has 0 saturated heterocycles. The number of aromatic nitrogens is 2. The fourth-order valence-corrected chi connectivity index (χ4v) is 4.35. The van der Waals surface area contributed by atoms with Crippen LogP contribution in [0.2, 0.25) is 0 Å². The molecule has 4 aromatic carbocycles. The third-order valence-corrected chi connectivity index (χ3v) is 5.94. The van der Waals surface area contributed by atoms with Gasteiger partial charge in [-0.1, -0.05) is 60.7 Å². The maximum absolute atomic E-state index is 13.5. The summed E-state index contributed by atoms with van der Waals surface area (Å²) in [5.41, 5.74) is 2.66. The first-order valence-electron chi connectivity index (χ1n) is 11.5. The summed E-state index contributed by atoms with van der Waals surface area (Å²) in [6.07, 6.45) is 0. The molecule has 5 aromatic rings. The molecule has 1 aromatic heterocycles. The quantitative estimate of drug-likeness (QED) is 0.297. The molecule has 0 spiro atoms. The van der Waals surface area contributed by atoms with Crippen molar-refractivity contribution < 1.29 is 9.53 Å². The zero-order valence-electron chi connectivity index (χ0n) is 19.4. The molecule has 0 aliphatic rings. The molecule has 34 heavy (non-hydrogen) atoms. The highest BCUT2D eigenvalue weighted by Crippen LogP contribution is 2.24. The fourth-order valence-electron chi connectivity index (χ4n) is 4.35. The van der Waals surface area contributed by atoms with Crippen molar-refractivity contribution in [1.82, 2.24) is 9.55 Å². The van der Waals surface area contributed by atoms with Gasteiger partial charge < -0.3 is 14.2 Å². The highest BCUT2D eigenvalue weighted by molar-refractivity contribution is 5.94. The van der Waals surface area contributed by atoms with E-state index in [0.29, 0.717) is 0 Å². The van der Waals surface area contributed by atoms with Crippen molar-refractivity contribution in [2.75, 3.05) is 4.90 Å². The smallest absolute Gasteiger partial charge is 0.247 e. The lowest BCUT2D eigenvalue weighted by Crippen LogP contribution is -2.39. The summed E-state index contributed by atoms with van der Waals surface area (Å²) in [6.45, 7) is 4.51. The number of anilines is 1. The zero-order chi connectivity index (χ0) is 23.5. The van der Waals surface area contributed by atoms with Crippen molar-refractivity contribution in [3.63, 3.8) is 0 Å². The van der Waals surface area contributed by atoms with Crippen LogP contribution in [0, 0.1) is 0 Å². The molecule has 0 bridgehead atoms. The van der Waals surface area contributed by atoms with Crippen molar-refractivity contribution >= 4 is 33.4 Å². The summed E-state index contributed by atoms with van der Waals surface area (Å²) >= 11 is 0. The first kappa shape index (κ1) is 21.7. The van der Waals surface area contributed by atoms with Gasteiger partial charge in [0.25, 0.3) is 0 Å². The number of rotatable bonds is 7. The first-order valence-corrected chi connectivity index (χ1v) is 11.5. The molecule has 170 valence electrons. The van der Waals surface area contributed by atoms with Crippen LogP contribution in [0.3, 0.4) is 0 Å². The Morgan fingerprint density at radius 2 is 1.59 bits per heavy atom. The van der Waals surface area contributed by atoms with Crippen LogP contribution in [0.25, 0.3) is 21.8 Å². The van der Waals surface area contributed by atoms with Crippen molar-refractivity contribution in [3.8, 4) is 5.75 Å². The number of amides is 1. The molecule has 0 aliphatic heterocycles. The third kappa shape index (κ3) is 4.37. The van der Waals surface area contributed by atoms with Crippen LogP contribution >= 0.6 is 0 Å². The van der Waals surface area contributed by atoms with Crippen LogP contribution in [0.1, 0.15) is 19.7 Å². The number of benzene rings is 4. The monoisotopic (exact) mass is 449 g/mol. The number of ether oxygens (including phenoxy) is 1. The minimum atomic E-state index is 0.0105. The second kappa shape index (κ2) is 9.40. The van der Waals surface area contributed by atoms with Crippen molar-refractivity contribution in [3.05, 3.63) is 103 Å². The van der Waals surface area contributed by atoms with Gasteiger partial charge in [-0.25, -0.2) is 4.98 Å². The maximum Gasteiger partial charge on any atom is 0.247 e. The number of para-hydroxylation sites is 3. The molecule has 0 radical (unpaired) electrons. The van der Waals surface area contributed by atoms with Gasteiger partial charge >= 0.3 is 0 Å². The second-order valence-corrected chi connectivity index (χ2v) is 8.59. The Hall–Kier alpha value is -4.12. The molecule has 0 unspecified atom stereocenters. The number of fused-ring (bicyclic) bond motifs is 2. The van der Waals surface area contributed by atoms with E-state index in [1.807, 2.05) is 102 Å². The lowest BCUT2D eigenvalue weighted by molar-refractivity contribution is -0.119. The first-order chi connectivity index (χ1) is 16.6. The van der Waals surface area contributed by atoms with Crippen LogP contribution in [-0.2, 0) is 17.9 Å². The standard InChI is InChI=1S/C29H27N3O2/c1-21(2)32(24-12-4-3-5-13-24)29(33)19-31-27-15-9-8-14-26(27)30-28(31)20-34-25-17-16-22-10-6-7-11-23(22)18-25/h3-18,21H,19-20H2,1-2H3. The van der Waals surface area contributed by atoms with Crippen molar-refractivity contribution in [1.29, 1.82) is 0 Å². The van der Waals surface area contributed by atoms with Crippen LogP contribution in [0.5, 0.6) is 5.75 Å². The molecule has 5 rings (SSSR count). The normalized spacial score (nSPS) is 11.3. The molecule has 0 atom stereocenters. The van der Waals surface area contributed by atoms with Gasteiger partial charge in [0.1, 0.15) is 24.7 Å². The predicted molar refractivity (Wildman–Crippen MR) is 137 cm³/mol. The lowest BCUT2D eigenvalue weighted by Gasteiger charge is -2.27. The van der Waals surface area contributed by atoms with Gasteiger partial charge in [-0.15, -0.1) is 0 Å². The predicted octanol–water partition coefficient (Wildman–Crippen LogP) is 6.21. The van der Waals surface area contributed by atoms with Crippen LogP contribution in [0.15, 0.2) is 97.1 Å². The SMILES string of the molecule is CC(C)N(C(=O)Cn1c(COc2ccc3ccccc3c2)nc2ccccc21)c1ccccc1. The van der Waals surface area contributed by atoms with Gasteiger partial charge in [-0.3, -0.25) is 4.79 Å². The summed E-state index contributed by atoms with van der Waals surface area (Å²) in [4.78, 5) is 20.1. The van der Waals surface area contributed by atoms with E-state index in [1.165, 1.54) is 5.39 Å². The van der Waals surface area contributed by atoms with Gasteiger partial charge in [-0.2, -0.15) is 0 Å². The highest BCUT2D eigenvalue weighted by Gasteiger charge is 2.22. The van der Waals surface area contributed by atoms with E-state index >= 15 is 0 Å². The zero-order valence-corrected chi connectivity index (χ0v) is 19.4. The molecule has 5 nitrogen and oxygen atoms in total. The van der Waals surface area contributed by atoms with Gasteiger partial charge in [0.15, 0.2) is 0 Å². The Morgan fingerprint density at radius 1 is 0.882 bits per heavy atom. The fraction of sp³-hybridized carbons (Fsp3) is 0.172. The average Bonchev–Trinajstić information content (AvgIpc) is 3.20. The van der Waals surface area contributed by atoms with Gasteiger partial charge in [0.05, 0.1) is 11.0 Å². The number of carbonyl (C=O) groups is 1. The van der Waals surface area contributed by atoms with E-state index in [1.54, 1.807) is 0 Å². The summed E-state index contributed by atoms with van der Waals surface area (Å²) in [5, 5.41) is 2.29. The minimum absolute atomic E-state index is 0.0105. The Morgan fingerprint density at radius 3 is 2.38 bits per heavy atom. The van der Waals surface area contributed by atoms with Gasteiger partial charge in [0.2, 0.25) is 5.91 Å². The molecule has 0 aliphatic carbocycles. The van der Waals surface area contributed by atoms with E-state index < -0.39 is 0 Å². The Balaban J connectivity index is 1.44. The lowest BCUT2D eigenvalue weighted by atomic mass is 10.1. The molecule has 0 N–H and O–H groups in total. The van der Waals surface area contributed by atoms with E-state index in [9.17, 15) is 4.79 Å². The Kier molecular flexibility index (Phi) is 6.00. The van der Waals surface area contributed by atoms with Crippen molar-refractivity contribution in [2.24, 2.45) is 0 Å². The molecular weight excluding hydrogens is 422 g/mol. The largest absolute Gasteiger partial charge is 0.486 e. The molecule has 1 heterocycles. The molecule has 5 heteroatoms. The third-order valence-electron chi connectivity index (χ3n) is 5.94. The van der Waals surface area contributed by atoms with Crippen LogP contribution in [0.4, 0.5) is 5.69 Å². The number of hydrogen-bond acceptors (Lipinski definition) is 3. The molecular formula is C29H27N3O2. The highest BCUT2D eigenvalue weighted by atomic mass is 16.5. The maximum atomic E-state index is 13.5. The number of carbonyl (C=O) groups excluding carboxylic acids is 1. The van der Waals surface area contributed by atoms with Gasteiger partial charge in [0, 0.05) is 11.7 Å². The second-order valence-electron chi connectivity index (χ2n) is 8.59. The summed E-state index contributed by atoms with van der Waals surface area (Å²) in [6, 6.07) is 32.0. The number of hydrogen-bond donors (Lipinski definition) is 0. The molecule has 0 fully saturated rings. The molecule has 1 amide bonds. The van der Waals surface area contributed by atoms with Crippen LogP contribution in [-0.4, -0.2) is 21.5 Å². The molecule has 0 saturated carbocycles. The van der Waals surface area contributed by atoms with Crippen molar-refractivity contribution in [2.45, 2.75) is 33.0 Å². The summed E-state index contributed by atoms with van der Waals surface area (Å²) in [7, 11) is 0. The van der Waals surface area contributed by atoms with E-state index in [4.69, 9.17) is 9.72 Å². The number of nitrogens with zero attached hydrogens (tertiary/aromatic N) is 3. The average molecular weight is 450 g/mol. The van der Waals surface area contributed by atoms with E-state index in [2.05, 4.69) is 18.2 Å². The topological polar surface area (TPSA) is 47.4 Å². The summed E-state index contributed by atoms with van der Waals surface area (Å²) < 4.78 is 8.11. The Labute approximate surface area is 199 Å². The summed E-state index contributed by atoms with van der Waals surface area (Å²) in [5.74, 6) is 1.51. The van der Waals surface area contributed by atoms with E-state index in [-0.39, 0.29) is 25.1 Å². The van der Waals surface area contributed by atoms with Gasteiger partial charge in [-0.05, 0) is 61.0 Å². The van der Waals surface area contributed by atoms with Crippen LogP contribution < -0.4 is 9.64 Å². The Bertz CT molecular complexity index is 1440. The minimum Gasteiger partial charge on any atom is -0.486 e. The van der Waals surface area contributed by atoms with E-state index in [0.717, 1.165) is 33.7 Å².